The molecule has 26 heavy (non-hydrogen) atoms. The number of nitrogens with one attached hydrogen (secondary N) is 1. The number of hydrogen-bond donors (Lipinski definition) is 1. The van der Waals surface area contributed by atoms with Gasteiger partial charge in [-0.05, 0) is 56.5 Å². The van der Waals surface area contributed by atoms with Gasteiger partial charge in [-0.2, -0.15) is 0 Å². The van der Waals surface area contributed by atoms with Crippen molar-refractivity contribution in [2.75, 3.05) is 6.54 Å². The molecule has 3 aromatic rings. The van der Waals surface area contributed by atoms with Gasteiger partial charge in [-0.25, -0.2) is 0 Å². The minimum Gasteiger partial charge on any atom is -0.352 e. The monoisotopic (exact) mass is 348 g/mol. The fourth-order valence-electron chi connectivity index (χ4n) is 3.47. The summed E-state index contributed by atoms with van der Waals surface area (Å²) in [6.45, 7) is 10.1. The number of amides is 1. The Hall–Kier alpha value is -2.55. The van der Waals surface area contributed by atoms with E-state index in [9.17, 15) is 4.79 Å². The lowest BCUT2D eigenvalue weighted by molar-refractivity contribution is 0.0953. The fourth-order valence-corrected chi connectivity index (χ4v) is 3.47. The molecule has 0 saturated carbocycles. The van der Waals surface area contributed by atoms with Crippen molar-refractivity contribution >= 4 is 16.8 Å². The maximum Gasteiger partial charge on any atom is 0.251 e. The van der Waals surface area contributed by atoms with Crippen LogP contribution < -0.4 is 5.32 Å². The lowest BCUT2D eigenvalue weighted by Gasteiger charge is -2.10. The van der Waals surface area contributed by atoms with Gasteiger partial charge >= 0.3 is 0 Å². The molecule has 136 valence electrons. The highest BCUT2D eigenvalue weighted by Gasteiger charge is 2.14. The molecule has 0 bridgehead atoms. The van der Waals surface area contributed by atoms with Crippen LogP contribution in [-0.4, -0.2) is 17.0 Å². The Morgan fingerprint density at radius 1 is 1.08 bits per heavy atom. The van der Waals surface area contributed by atoms with Crippen LogP contribution in [-0.2, 0) is 6.54 Å². The summed E-state index contributed by atoms with van der Waals surface area (Å²) in [7, 11) is 0. The van der Waals surface area contributed by atoms with Crippen molar-refractivity contribution in [3.05, 3.63) is 70.4 Å². The topological polar surface area (TPSA) is 34.0 Å². The first-order chi connectivity index (χ1) is 12.5. The van der Waals surface area contributed by atoms with Gasteiger partial charge in [0.05, 0.1) is 0 Å². The van der Waals surface area contributed by atoms with E-state index in [-0.39, 0.29) is 5.91 Å². The number of carbonyl (C=O) groups is 1. The maximum atomic E-state index is 12.4. The molecule has 0 spiro atoms. The van der Waals surface area contributed by atoms with Gasteiger partial charge in [0.2, 0.25) is 0 Å². The first-order valence-corrected chi connectivity index (χ1v) is 9.44. The van der Waals surface area contributed by atoms with Crippen LogP contribution in [0.2, 0.25) is 0 Å². The van der Waals surface area contributed by atoms with Crippen molar-refractivity contribution in [1.82, 2.24) is 9.88 Å². The Labute approximate surface area is 156 Å². The summed E-state index contributed by atoms with van der Waals surface area (Å²) in [5.41, 5.74) is 7.00. The van der Waals surface area contributed by atoms with Gasteiger partial charge in [-0.15, -0.1) is 0 Å². The molecule has 0 unspecified atom stereocenters. The number of aryl methyl sites for hydroxylation is 2. The molecule has 3 rings (SSSR count). The Balaban J connectivity index is 1.94. The number of nitrogens with zero attached hydrogens (tertiary/aromatic N) is 1. The number of rotatable bonds is 6. The first-order valence-electron chi connectivity index (χ1n) is 9.44. The third-order valence-corrected chi connectivity index (χ3v) is 5.14. The van der Waals surface area contributed by atoms with E-state index in [1.54, 1.807) is 0 Å². The molecule has 0 aliphatic heterocycles. The minimum absolute atomic E-state index is 0.0174. The van der Waals surface area contributed by atoms with Crippen LogP contribution in [0.5, 0.6) is 0 Å². The predicted molar refractivity (Wildman–Crippen MR) is 109 cm³/mol. The second-order valence-electron chi connectivity index (χ2n) is 7.13. The number of hydrogen-bond acceptors (Lipinski definition) is 1. The molecular formula is C23H28N2O. The van der Waals surface area contributed by atoms with Crippen LogP contribution >= 0.6 is 0 Å². The standard InChI is InChI=1S/C23H28N2O/c1-5-6-12-24-23(26)20-10-11-22-21(14-20)17(3)18(4)25(22)15-19-9-7-8-16(2)13-19/h7-11,13-14H,5-6,12,15H2,1-4H3,(H,24,26). The summed E-state index contributed by atoms with van der Waals surface area (Å²) >= 11 is 0. The second-order valence-corrected chi connectivity index (χ2v) is 7.13. The number of carbonyl (C=O) groups excluding carboxylic acids is 1. The zero-order valence-corrected chi connectivity index (χ0v) is 16.2. The highest BCUT2D eigenvalue weighted by atomic mass is 16.1. The highest BCUT2D eigenvalue weighted by Crippen LogP contribution is 2.27. The lowest BCUT2D eigenvalue weighted by Crippen LogP contribution is -2.24. The molecule has 3 heteroatoms. The van der Waals surface area contributed by atoms with Crippen LogP contribution in [0.3, 0.4) is 0 Å². The molecule has 0 aliphatic carbocycles. The summed E-state index contributed by atoms with van der Waals surface area (Å²) in [6, 6.07) is 14.7. The third-order valence-electron chi connectivity index (χ3n) is 5.14. The van der Waals surface area contributed by atoms with E-state index in [1.807, 2.05) is 12.1 Å². The van der Waals surface area contributed by atoms with Crippen LogP contribution in [0, 0.1) is 20.8 Å². The van der Waals surface area contributed by atoms with Crippen LogP contribution in [0.15, 0.2) is 42.5 Å². The summed E-state index contributed by atoms with van der Waals surface area (Å²) in [6.07, 6.45) is 2.10. The molecule has 0 saturated heterocycles. The van der Waals surface area contributed by atoms with Gasteiger partial charge in [0.1, 0.15) is 0 Å². The molecule has 0 fully saturated rings. The molecule has 1 amide bonds. The quantitative estimate of drug-likeness (QED) is 0.615. The van der Waals surface area contributed by atoms with Crippen molar-refractivity contribution in [2.24, 2.45) is 0 Å². The minimum atomic E-state index is 0.0174. The molecule has 1 N–H and O–H groups in total. The van der Waals surface area contributed by atoms with Gasteiger partial charge in [-0.3, -0.25) is 4.79 Å². The average Bonchev–Trinajstić information content (AvgIpc) is 2.86. The zero-order chi connectivity index (χ0) is 18.7. The van der Waals surface area contributed by atoms with Gasteiger partial charge in [0.15, 0.2) is 0 Å². The van der Waals surface area contributed by atoms with E-state index >= 15 is 0 Å². The fraction of sp³-hybridized carbons (Fsp3) is 0.348. The molecule has 1 aromatic heterocycles. The normalized spacial score (nSPS) is 11.1. The summed E-state index contributed by atoms with van der Waals surface area (Å²) < 4.78 is 2.35. The molecule has 0 aliphatic rings. The van der Waals surface area contributed by atoms with E-state index in [0.717, 1.165) is 31.5 Å². The third kappa shape index (κ3) is 3.67. The summed E-state index contributed by atoms with van der Waals surface area (Å²) in [4.78, 5) is 12.4. The smallest absolute Gasteiger partial charge is 0.251 e. The number of unbranched alkanes of at least 4 members (excludes halogenated alkanes) is 1. The number of benzene rings is 2. The Morgan fingerprint density at radius 2 is 1.88 bits per heavy atom. The predicted octanol–water partition coefficient (Wildman–Crippen LogP) is 5.14. The van der Waals surface area contributed by atoms with Gasteiger partial charge < -0.3 is 9.88 Å². The summed E-state index contributed by atoms with van der Waals surface area (Å²) in [5.74, 6) is 0.0174. The van der Waals surface area contributed by atoms with Crippen LogP contribution in [0.25, 0.3) is 10.9 Å². The average molecular weight is 348 g/mol. The largest absolute Gasteiger partial charge is 0.352 e. The van der Waals surface area contributed by atoms with E-state index < -0.39 is 0 Å². The molecule has 0 atom stereocenters. The van der Waals surface area contributed by atoms with E-state index in [4.69, 9.17) is 0 Å². The van der Waals surface area contributed by atoms with Gasteiger partial charge in [0.25, 0.3) is 5.91 Å². The first kappa shape index (κ1) is 18.2. The van der Waals surface area contributed by atoms with Gasteiger partial charge in [0, 0.05) is 35.2 Å². The van der Waals surface area contributed by atoms with E-state index in [2.05, 4.69) is 67.9 Å². The highest BCUT2D eigenvalue weighted by molar-refractivity contribution is 5.99. The molecule has 2 aromatic carbocycles. The second kappa shape index (κ2) is 7.77. The number of fused-ring (bicyclic) bond motifs is 1. The lowest BCUT2D eigenvalue weighted by atomic mass is 10.1. The van der Waals surface area contributed by atoms with Gasteiger partial charge in [-0.1, -0.05) is 43.2 Å². The van der Waals surface area contributed by atoms with E-state index in [1.165, 1.54) is 33.3 Å². The molecule has 0 radical (unpaired) electrons. The van der Waals surface area contributed by atoms with Crippen molar-refractivity contribution in [3.63, 3.8) is 0 Å². The molecular weight excluding hydrogens is 320 g/mol. The van der Waals surface area contributed by atoms with Crippen LogP contribution in [0.4, 0.5) is 0 Å². The molecule has 3 nitrogen and oxygen atoms in total. The molecule has 1 heterocycles. The van der Waals surface area contributed by atoms with Crippen LogP contribution in [0.1, 0.15) is 52.5 Å². The Kier molecular flexibility index (Phi) is 5.46. The summed E-state index contributed by atoms with van der Waals surface area (Å²) in [5, 5.41) is 4.17. The van der Waals surface area contributed by atoms with Crippen molar-refractivity contribution in [2.45, 2.75) is 47.1 Å². The van der Waals surface area contributed by atoms with Crippen molar-refractivity contribution < 1.29 is 4.79 Å². The van der Waals surface area contributed by atoms with Crippen molar-refractivity contribution in [1.29, 1.82) is 0 Å². The maximum absolute atomic E-state index is 12.4. The van der Waals surface area contributed by atoms with Crippen molar-refractivity contribution in [3.8, 4) is 0 Å². The SMILES string of the molecule is CCCCNC(=O)c1ccc2c(c1)c(C)c(C)n2Cc1cccc(C)c1. The van der Waals surface area contributed by atoms with E-state index in [0.29, 0.717) is 0 Å². The number of aromatic nitrogens is 1. The Morgan fingerprint density at radius 3 is 2.62 bits per heavy atom. The Bertz CT molecular complexity index is 937. The zero-order valence-electron chi connectivity index (χ0n) is 16.2.